The van der Waals surface area contributed by atoms with Gasteiger partial charge in [-0.3, -0.25) is 0 Å². The lowest BCUT2D eigenvalue weighted by atomic mass is 10.1. The lowest BCUT2D eigenvalue weighted by Gasteiger charge is -2.18. The second kappa shape index (κ2) is 8.17. The number of benzene rings is 1. The van der Waals surface area contributed by atoms with Crippen molar-refractivity contribution in [2.24, 2.45) is 0 Å². The van der Waals surface area contributed by atoms with Crippen LogP contribution in [0.4, 0.5) is 11.8 Å². The summed E-state index contributed by atoms with van der Waals surface area (Å²) in [6.45, 7) is 7.56. The van der Waals surface area contributed by atoms with Gasteiger partial charge in [0, 0.05) is 31.8 Å². The summed E-state index contributed by atoms with van der Waals surface area (Å²) in [5, 5.41) is 3.26. The standard InChI is InChI=1S/C18H24N4/c1-4-6-13-22(3)18-20-16(15-10-8-7-9-11-15)14-17(21-18)19-12-5-2/h5,7-11,14H,2,4,6,12-13H2,1,3H3,(H,19,20,21). The molecule has 1 N–H and O–H groups in total. The smallest absolute Gasteiger partial charge is 0.227 e. The first-order chi connectivity index (χ1) is 10.7. The molecule has 0 saturated heterocycles. The fourth-order valence-electron chi connectivity index (χ4n) is 2.12. The zero-order valence-electron chi connectivity index (χ0n) is 13.4. The van der Waals surface area contributed by atoms with Gasteiger partial charge in [0.25, 0.3) is 0 Å². The van der Waals surface area contributed by atoms with E-state index in [1.807, 2.05) is 37.4 Å². The molecule has 0 bridgehead atoms. The summed E-state index contributed by atoms with van der Waals surface area (Å²) >= 11 is 0. The lowest BCUT2D eigenvalue weighted by molar-refractivity contribution is 0.750. The number of anilines is 2. The van der Waals surface area contributed by atoms with Gasteiger partial charge in [0.2, 0.25) is 5.95 Å². The van der Waals surface area contributed by atoms with E-state index in [4.69, 9.17) is 4.98 Å². The Bertz CT molecular complexity index is 595. The zero-order chi connectivity index (χ0) is 15.8. The summed E-state index contributed by atoms with van der Waals surface area (Å²) in [7, 11) is 2.04. The molecule has 22 heavy (non-hydrogen) atoms. The van der Waals surface area contributed by atoms with Gasteiger partial charge in [0.15, 0.2) is 0 Å². The van der Waals surface area contributed by atoms with Crippen LogP contribution >= 0.6 is 0 Å². The van der Waals surface area contributed by atoms with Gasteiger partial charge in [0.05, 0.1) is 5.69 Å². The Morgan fingerprint density at radius 1 is 1.23 bits per heavy atom. The van der Waals surface area contributed by atoms with Crippen LogP contribution in [0.3, 0.4) is 0 Å². The topological polar surface area (TPSA) is 41.1 Å². The van der Waals surface area contributed by atoms with Crippen LogP contribution < -0.4 is 10.2 Å². The summed E-state index contributed by atoms with van der Waals surface area (Å²) in [6, 6.07) is 12.2. The van der Waals surface area contributed by atoms with Gasteiger partial charge in [-0.1, -0.05) is 49.8 Å². The number of nitrogens with one attached hydrogen (secondary N) is 1. The van der Waals surface area contributed by atoms with Gasteiger partial charge in [-0.15, -0.1) is 6.58 Å². The molecule has 0 radical (unpaired) electrons. The number of rotatable bonds is 8. The highest BCUT2D eigenvalue weighted by atomic mass is 15.2. The SMILES string of the molecule is C=CCNc1cc(-c2ccccc2)nc(N(C)CCCC)n1. The Morgan fingerprint density at radius 2 is 2.00 bits per heavy atom. The Labute approximate surface area is 132 Å². The highest BCUT2D eigenvalue weighted by molar-refractivity contribution is 5.64. The van der Waals surface area contributed by atoms with Crippen LogP contribution in [-0.4, -0.2) is 30.1 Å². The van der Waals surface area contributed by atoms with E-state index >= 15 is 0 Å². The average Bonchev–Trinajstić information content (AvgIpc) is 2.58. The third-order valence-corrected chi connectivity index (χ3v) is 3.40. The zero-order valence-corrected chi connectivity index (χ0v) is 13.4. The fraction of sp³-hybridized carbons (Fsp3) is 0.333. The minimum atomic E-state index is 0.684. The number of aromatic nitrogens is 2. The fourth-order valence-corrected chi connectivity index (χ4v) is 2.12. The molecule has 0 amide bonds. The summed E-state index contributed by atoms with van der Waals surface area (Å²) in [5.74, 6) is 1.58. The maximum Gasteiger partial charge on any atom is 0.227 e. The first-order valence-corrected chi connectivity index (χ1v) is 7.75. The highest BCUT2D eigenvalue weighted by Crippen LogP contribution is 2.22. The molecule has 1 aromatic heterocycles. The molecule has 2 rings (SSSR count). The van der Waals surface area contributed by atoms with Crippen molar-refractivity contribution in [2.75, 3.05) is 30.4 Å². The summed E-state index contributed by atoms with van der Waals surface area (Å²) in [6.07, 6.45) is 4.11. The van der Waals surface area contributed by atoms with Gasteiger partial charge < -0.3 is 10.2 Å². The molecule has 2 aromatic rings. The highest BCUT2D eigenvalue weighted by Gasteiger charge is 2.09. The van der Waals surface area contributed by atoms with E-state index in [-0.39, 0.29) is 0 Å². The maximum atomic E-state index is 4.71. The van der Waals surface area contributed by atoms with Crippen molar-refractivity contribution in [1.82, 2.24) is 9.97 Å². The molecule has 116 valence electrons. The minimum absolute atomic E-state index is 0.684. The van der Waals surface area contributed by atoms with Crippen molar-refractivity contribution in [3.05, 3.63) is 49.1 Å². The predicted molar refractivity (Wildman–Crippen MR) is 94.3 cm³/mol. The quantitative estimate of drug-likeness (QED) is 0.748. The van der Waals surface area contributed by atoms with Gasteiger partial charge >= 0.3 is 0 Å². The van der Waals surface area contributed by atoms with E-state index in [1.54, 1.807) is 0 Å². The van der Waals surface area contributed by atoms with E-state index in [0.717, 1.165) is 42.4 Å². The molecule has 0 aliphatic heterocycles. The molecule has 1 aromatic carbocycles. The van der Waals surface area contributed by atoms with Crippen LogP contribution in [0, 0.1) is 0 Å². The van der Waals surface area contributed by atoms with Crippen LogP contribution in [-0.2, 0) is 0 Å². The van der Waals surface area contributed by atoms with Crippen molar-refractivity contribution in [3.63, 3.8) is 0 Å². The summed E-state index contributed by atoms with van der Waals surface area (Å²) < 4.78 is 0. The van der Waals surface area contributed by atoms with Crippen LogP contribution in [0.25, 0.3) is 11.3 Å². The molecule has 0 fully saturated rings. The number of nitrogens with zero attached hydrogens (tertiary/aromatic N) is 3. The maximum absolute atomic E-state index is 4.71. The molecule has 0 unspecified atom stereocenters. The van der Waals surface area contributed by atoms with E-state index in [0.29, 0.717) is 6.54 Å². The number of unbranched alkanes of at least 4 members (excludes halogenated alkanes) is 1. The Kier molecular flexibility index (Phi) is 5.95. The molecular formula is C18H24N4. The number of hydrogen-bond acceptors (Lipinski definition) is 4. The van der Waals surface area contributed by atoms with Crippen LogP contribution in [0.1, 0.15) is 19.8 Å². The normalized spacial score (nSPS) is 10.3. The van der Waals surface area contributed by atoms with E-state index in [9.17, 15) is 0 Å². The van der Waals surface area contributed by atoms with Gasteiger partial charge in [-0.2, -0.15) is 4.98 Å². The van der Waals surface area contributed by atoms with Crippen molar-refractivity contribution in [3.8, 4) is 11.3 Å². The van der Waals surface area contributed by atoms with Crippen molar-refractivity contribution >= 4 is 11.8 Å². The molecule has 0 aliphatic rings. The Hall–Kier alpha value is -2.36. The van der Waals surface area contributed by atoms with E-state index < -0.39 is 0 Å². The Balaban J connectivity index is 2.34. The molecule has 4 heteroatoms. The molecule has 1 heterocycles. The third-order valence-electron chi connectivity index (χ3n) is 3.40. The third kappa shape index (κ3) is 4.32. The molecule has 4 nitrogen and oxygen atoms in total. The van der Waals surface area contributed by atoms with Crippen molar-refractivity contribution in [1.29, 1.82) is 0 Å². The first-order valence-electron chi connectivity index (χ1n) is 7.75. The van der Waals surface area contributed by atoms with E-state index in [1.165, 1.54) is 0 Å². The second-order valence-corrected chi connectivity index (χ2v) is 5.25. The average molecular weight is 296 g/mol. The van der Waals surface area contributed by atoms with Crippen LogP contribution in [0.15, 0.2) is 49.1 Å². The van der Waals surface area contributed by atoms with Crippen LogP contribution in [0.5, 0.6) is 0 Å². The number of hydrogen-bond donors (Lipinski definition) is 1. The minimum Gasteiger partial charge on any atom is -0.366 e. The summed E-state index contributed by atoms with van der Waals surface area (Å²) in [5.41, 5.74) is 2.03. The molecule has 0 aliphatic carbocycles. The first kappa shape index (κ1) is 16.0. The molecule has 0 saturated carbocycles. The summed E-state index contributed by atoms with van der Waals surface area (Å²) in [4.78, 5) is 11.4. The monoisotopic (exact) mass is 296 g/mol. The lowest BCUT2D eigenvalue weighted by Crippen LogP contribution is -2.21. The van der Waals surface area contributed by atoms with Crippen molar-refractivity contribution in [2.45, 2.75) is 19.8 Å². The largest absolute Gasteiger partial charge is 0.366 e. The second-order valence-electron chi connectivity index (χ2n) is 5.25. The Morgan fingerprint density at radius 3 is 2.68 bits per heavy atom. The van der Waals surface area contributed by atoms with Gasteiger partial charge in [0.1, 0.15) is 5.82 Å². The van der Waals surface area contributed by atoms with Crippen LogP contribution in [0.2, 0.25) is 0 Å². The molecular weight excluding hydrogens is 272 g/mol. The van der Waals surface area contributed by atoms with Crippen molar-refractivity contribution < 1.29 is 0 Å². The molecule has 0 atom stereocenters. The molecule has 0 spiro atoms. The van der Waals surface area contributed by atoms with E-state index in [2.05, 4.69) is 40.8 Å². The predicted octanol–water partition coefficient (Wildman–Crippen LogP) is 3.98. The van der Waals surface area contributed by atoms with Gasteiger partial charge in [-0.05, 0) is 6.42 Å². The van der Waals surface area contributed by atoms with Gasteiger partial charge in [-0.25, -0.2) is 4.98 Å².